The molecule has 1 amide bonds. The molecule has 1 unspecified atom stereocenters. The number of hydrogen-bond donors (Lipinski definition) is 3. The summed E-state index contributed by atoms with van der Waals surface area (Å²) in [5.41, 5.74) is 9.62. The number of nitrogens with one attached hydrogen (secondary N) is 2. The zero-order chi connectivity index (χ0) is 20.9. The van der Waals surface area contributed by atoms with Crippen molar-refractivity contribution >= 4 is 33.0 Å². The van der Waals surface area contributed by atoms with Crippen LogP contribution in [0, 0.1) is 0 Å². The smallest absolute Gasteiger partial charge is 0.254 e. The van der Waals surface area contributed by atoms with E-state index in [-0.39, 0.29) is 5.91 Å². The van der Waals surface area contributed by atoms with Crippen molar-refractivity contribution in [2.24, 2.45) is 5.73 Å². The second-order valence-corrected chi connectivity index (χ2v) is 8.81. The molecular formula is C24H29N3O2S. The quantitative estimate of drug-likeness (QED) is 0.365. The van der Waals surface area contributed by atoms with E-state index in [1.54, 1.807) is 18.4 Å². The van der Waals surface area contributed by atoms with Gasteiger partial charge in [-0.3, -0.25) is 4.79 Å². The highest BCUT2D eigenvalue weighted by Crippen LogP contribution is 2.39. The highest BCUT2D eigenvalue weighted by atomic mass is 32.1. The average molecular weight is 424 g/mol. The Balaban J connectivity index is 1.61. The normalized spacial score (nSPS) is 14.3. The van der Waals surface area contributed by atoms with Crippen LogP contribution in [0.2, 0.25) is 0 Å². The summed E-state index contributed by atoms with van der Waals surface area (Å²) in [5, 5.41) is 9.70. The Kier molecular flexibility index (Phi) is 6.67. The molecule has 0 saturated carbocycles. The van der Waals surface area contributed by atoms with Crippen LogP contribution in [-0.4, -0.2) is 26.2 Å². The van der Waals surface area contributed by atoms with E-state index in [0.29, 0.717) is 13.2 Å². The molecule has 1 aliphatic carbocycles. The monoisotopic (exact) mass is 423 g/mol. The van der Waals surface area contributed by atoms with E-state index in [4.69, 9.17) is 10.5 Å². The zero-order valence-corrected chi connectivity index (χ0v) is 18.2. The van der Waals surface area contributed by atoms with E-state index in [0.717, 1.165) is 52.6 Å². The number of ether oxygens (including phenoxy) is 1. The van der Waals surface area contributed by atoms with Crippen molar-refractivity contribution in [1.82, 2.24) is 5.32 Å². The minimum absolute atomic E-state index is 0.0156. The lowest BCUT2D eigenvalue weighted by molar-refractivity contribution is 0.0948. The molecule has 0 fully saturated rings. The largest absolute Gasteiger partial charge is 0.385 e. The molecule has 0 bridgehead atoms. The van der Waals surface area contributed by atoms with Gasteiger partial charge in [-0.2, -0.15) is 0 Å². The fraction of sp³-hybridized carbons (Fsp3) is 0.375. The number of carbonyl (C=O) groups is 1. The van der Waals surface area contributed by atoms with E-state index in [1.165, 1.54) is 16.9 Å². The molecule has 4 rings (SSSR count). The SMILES string of the molecule is COCCCNC(=O)c1c(NC(N)c2cccc3ccccc23)sc2c1CCCC2. The summed E-state index contributed by atoms with van der Waals surface area (Å²) in [7, 11) is 1.67. The number of amides is 1. The number of fused-ring (bicyclic) bond motifs is 2. The molecule has 3 aromatic rings. The van der Waals surface area contributed by atoms with Crippen molar-refractivity contribution in [2.45, 2.75) is 38.3 Å². The third kappa shape index (κ3) is 4.36. The van der Waals surface area contributed by atoms with Crippen molar-refractivity contribution in [3.8, 4) is 0 Å². The Hall–Kier alpha value is -2.41. The first-order chi connectivity index (χ1) is 14.7. The third-order valence-corrected chi connectivity index (χ3v) is 6.88. The van der Waals surface area contributed by atoms with Crippen LogP contribution in [0.25, 0.3) is 10.8 Å². The van der Waals surface area contributed by atoms with E-state index in [2.05, 4.69) is 34.9 Å². The van der Waals surface area contributed by atoms with Crippen LogP contribution in [-0.2, 0) is 17.6 Å². The summed E-state index contributed by atoms with van der Waals surface area (Å²) >= 11 is 1.69. The van der Waals surface area contributed by atoms with E-state index in [1.807, 2.05) is 18.2 Å². The average Bonchev–Trinajstić information content (AvgIpc) is 3.14. The van der Waals surface area contributed by atoms with Gasteiger partial charge >= 0.3 is 0 Å². The predicted octanol–water partition coefficient (Wildman–Crippen LogP) is 4.62. The van der Waals surface area contributed by atoms with Crippen molar-refractivity contribution in [3.05, 3.63) is 64.0 Å². The topological polar surface area (TPSA) is 76.4 Å². The summed E-state index contributed by atoms with van der Waals surface area (Å²) in [6, 6.07) is 14.4. The minimum Gasteiger partial charge on any atom is -0.385 e. The van der Waals surface area contributed by atoms with Crippen LogP contribution in [0.15, 0.2) is 42.5 Å². The van der Waals surface area contributed by atoms with Gasteiger partial charge in [-0.1, -0.05) is 42.5 Å². The Morgan fingerprint density at radius 3 is 2.83 bits per heavy atom. The zero-order valence-electron chi connectivity index (χ0n) is 17.4. The Morgan fingerprint density at radius 2 is 1.97 bits per heavy atom. The number of hydrogen-bond acceptors (Lipinski definition) is 5. The molecule has 1 aromatic heterocycles. The molecule has 1 aliphatic rings. The van der Waals surface area contributed by atoms with Gasteiger partial charge in [0, 0.05) is 25.1 Å². The van der Waals surface area contributed by atoms with Crippen LogP contribution in [0.5, 0.6) is 0 Å². The first kappa shape index (κ1) is 20.8. The van der Waals surface area contributed by atoms with Crippen LogP contribution >= 0.6 is 11.3 Å². The molecule has 0 radical (unpaired) electrons. The first-order valence-corrected chi connectivity index (χ1v) is 11.4. The number of anilines is 1. The van der Waals surface area contributed by atoms with Gasteiger partial charge in [0.25, 0.3) is 5.91 Å². The molecule has 0 saturated heterocycles. The van der Waals surface area contributed by atoms with Gasteiger partial charge < -0.3 is 21.1 Å². The number of aryl methyl sites for hydroxylation is 1. The molecule has 0 aliphatic heterocycles. The Labute approximate surface area is 181 Å². The lowest BCUT2D eigenvalue weighted by Gasteiger charge is -2.18. The summed E-state index contributed by atoms with van der Waals surface area (Å²) < 4.78 is 5.09. The number of methoxy groups -OCH3 is 1. The van der Waals surface area contributed by atoms with Gasteiger partial charge in [-0.15, -0.1) is 11.3 Å². The number of thiophene rings is 1. The van der Waals surface area contributed by atoms with Crippen molar-refractivity contribution in [1.29, 1.82) is 0 Å². The van der Waals surface area contributed by atoms with Crippen molar-refractivity contribution in [2.75, 3.05) is 25.6 Å². The lowest BCUT2D eigenvalue weighted by atomic mass is 9.95. The van der Waals surface area contributed by atoms with Crippen molar-refractivity contribution < 1.29 is 9.53 Å². The second-order valence-electron chi connectivity index (χ2n) is 7.71. The third-order valence-electron chi connectivity index (χ3n) is 5.65. The first-order valence-electron chi connectivity index (χ1n) is 10.6. The molecule has 1 atom stereocenters. The predicted molar refractivity (Wildman–Crippen MR) is 124 cm³/mol. The van der Waals surface area contributed by atoms with Crippen LogP contribution < -0.4 is 16.4 Å². The molecular weight excluding hydrogens is 394 g/mol. The maximum absolute atomic E-state index is 13.1. The summed E-state index contributed by atoms with van der Waals surface area (Å²) in [6.45, 7) is 1.24. The van der Waals surface area contributed by atoms with E-state index < -0.39 is 6.17 Å². The van der Waals surface area contributed by atoms with Crippen LogP contribution in [0.3, 0.4) is 0 Å². The van der Waals surface area contributed by atoms with Gasteiger partial charge in [-0.25, -0.2) is 0 Å². The van der Waals surface area contributed by atoms with Crippen molar-refractivity contribution in [3.63, 3.8) is 0 Å². The molecule has 1 heterocycles. The molecule has 6 heteroatoms. The minimum atomic E-state index is -0.392. The fourth-order valence-corrected chi connectivity index (χ4v) is 5.48. The maximum atomic E-state index is 13.1. The molecule has 0 spiro atoms. The number of rotatable bonds is 8. The maximum Gasteiger partial charge on any atom is 0.254 e. The highest BCUT2D eigenvalue weighted by Gasteiger charge is 2.26. The number of benzene rings is 2. The Bertz CT molecular complexity index is 1030. The molecule has 5 nitrogen and oxygen atoms in total. The van der Waals surface area contributed by atoms with Gasteiger partial charge in [0.05, 0.1) is 5.56 Å². The summed E-state index contributed by atoms with van der Waals surface area (Å²) in [4.78, 5) is 14.4. The molecule has 4 N–H and O–H groups in total. The number of nitrogens with two attached hydrogens (primary N) is 1. The molecule has 2 aromatic carbocycles. The lowest BCUT2D eigenvalue weighted by Crippen LogP contribution is -2.28. The van der Waals surface area contributed by atoms with E-state index >= 15 is 0 Å². The molecule has 30 heavy (non-hydrogen) atoms. The fourth-order valence-electron chi connectivity index (χ4n) is 4.16. The molecule has 158 valence electrons. The van der Waals surface area contributed by atoms with Gasteiger partial charge in [0.2, 0.25) is 0 Å². The highest BCUT2D eigenvalue weighted by molar-refractivity contribution is 7.16. The standard InChI is InChI=1S/C24H29N3O2S/c1-29-15-7-14-26-23(28)21-19-11-4-5-13-20(19)30-24(21)27-22(25)18-12-6-9-16-8-2-3-10-17(16)18/h2-3,6,8-10,12,22,27H,4-5,7,11,13-15,25H2,1H3,(H,26,28). The summed E-state index contributed by atoms with van der Waals surface area (Å²) in [6.07, 6.45) is 4.70. The van der Waals surface area contributed by atoms with Gasteiger partial charge in [0.1, 0.15) is 11.2 Å². The van der Waals surface area contributed by atoms with Crippen LogP contribution in [0.4, 0.5) is 5.00 Å². The number of carbonyl (C=O) groups excluding carboxylic acids is 1. The van der Waals surface area contributed by atoms with Gasteiger partial charge in [-0.05, 0) is 54.0 Å². The Morgan fingerprint density at radius 1 is 1.17 bits per heavy atom. The van der Waals surface area contributed by atoms with Crippen LogP contribution in [0.1, 0.15) is 51.8 Å². The summed E-state index contributed by atoms with van der Waals surface area (Å²) in [5.74, 6) is -0.0156. The van der Waals surface area contributed by atoms with Gasteiger partial charge in [0.15, 0.2) is 0 Å². The van der Waals surface area contributed by atoms with E-state index in [9.17, 15) is 4.79 Å². The second kappa shape index (κ2) is 9.60.